The first kappa shape index (κ1) is 18.5. The first-order chi connectivity index (χ1) is 13.4. The molecule has 2 aromatic heterocycles. The second-order valence-corrected chi connectivity index (χ2v) is 8.42. The van der Waals surface area contributed by atoms with Gasteiger partial charge in [-0.1, -0.05) is 0 Å². The smallest absolute Gasteiger partial charge is 0.243 e. The van der Waals surface area contributed by atoms with Crippen LogP contribution in [-0.4, -0.2) is 58.7 Å². The van der Waals surface area contributed by atoms with Gasteiger partial charge in [0.15, 0.2) is 5.82 Å². The third kappa shape index (κ3) is 3.60. The Morgan fingerprint density at radius 1 is 0.964 bits per heavy atom. The van der Waals surface area contributed by atoms with Gasteiger partial charge in [-0.15, -0.1) is 0 Å². The predicted octanol–water partition coefficient (Wildman–Crippen LogP) is 1.62. The fraction of sp³-hybridized carbons (Fsp3) is 0.278. The third-order valence-electron chi connectivity index (χ3n) is 4.61. The number of nitrogens with zero attached hydrogens (tertiary/aromatic N) is 6. The maximum Gasteiger partial charge on any atom is 0.243 e. The van der Waals surface area contributed by atoms with Gasteiger partial charge in [-0.05, 0) is 37.3 Å². The zero-order valence-electron chi connectivity index (χ0n) is 15.2. The number of aromatic nitrogens is 4. The van der Waals surface area contributed by atoms with Crippen molar-refractivity contribution < 1.29 is 12.8 Å². The second-order valence-electron chi connectivity index (χ2n) is 6.48. The highest BCUT2D eigenvalue weighted by atomic mass is 32.2. The first-order valence-electron chi connectivity index (χ1n) is 8.79. The van der Waals surface area contributed by atoms with E-state index in [0.29, 0.717) is 32.0 Å². The van der Waals surface area contributed by atoms with Gasteiger partial charge in [-0.3, -0.25) is 0 Å². The van der Waals surface area contributed by atoms with E-state index in [9.17, 15) is 12.8 Å². The van der Waals surface area contributed by atoms with Crippen molar-refractivity contribution in [3.63, 3.8) is 0 Å². The standard InChI is InChI=1S/C18H19FN6O2S/c1-14-6-7-25(22-14)18-12-17(20-13-21-18)23-8-10-24(11-9-23)28(26,27)16-4-2-15(19)3-5-16/h2-7,12-13H,8-11H2,1H3. The minimum absolute atomic E-state index is 0.0979. The molecule has 4 rings (SSSR count). The van der Waals surface area contributed by atoms with Gasteiger partial charge in [-0.2, -0.15) is 9.40 Å². The molecule has 1 aliphatic rings. The van der Waals surface area contributed by atoms with Gasteiger partial charge < -0.3 is 4.90 Å². The second kappa shape index (κ2) is 7.28. The van der Waals surface area contributed by atoms with Crippen molar-refractivity contribution in [1.82, 2.24) is 24.1 Å². The molecule has 0 atom stereocenters. The molecule has 0 saturated carbocycles. The van der Waals surface area contributed by atoms with Gasteiger partial charge in [0.2, 0.25) is 10.0 Å². The Hall–Kier alpha value is -2.85. The molecule has 0 unspecified atom stereocenters. The number of hydrogen-bond donors (Lipinski definition) is 0. The Bertz CT molecular complexity index is 1080. The van der Waals surface area contributed by atoms with Gasteiger partial charge in [0.1, 0.15) is 18.0 Å². The van der Waals surface area contributed by atoms with Crippen LogP contribution >= 0.6 is 0 Å². The lowest BCUT2D eigenvalue weighted by Crippen LogP contribution is -2.48. The maximum atomic E-state index is 13.1. The summed E-state index contributed by atoms with van der Waals surface area (Å²) in [5, 5.41) is 4.34. The lowest BCUT2D eigenvalue weighted by atomic mass is 10.3. The van der Waals surface area contributed by atoms with Crippen molar-refractivity contribution in [2.45, 2.75) is 11.8 Å². The summed E-state index contributed by atoms with van der Waals surface area (Å²) in [6, 6.07) is 8.61. The molecule has 146 valence electrons. The van der Waals surface area contributed by atoms with E-state index >= 15 is 0 Å². The molecule has 1 saturated heterocycles. The van der Waals surface area contributed by atoms with Crippen LogP contribution in [0, 0.1) is 12.7 Å². The number of hydrogen-bond acceptors (Lipinski definition) is 6. The van der Waals surface area contributed by atoms with Crippen molar-refractivity contribution in [1.29, 1.82) is 0 Å². The number of aryl methyl sites for hydroxylation is 1. The van der Waals surface area contributed by atoms with Crippen LogP contribution in [0.2, 0.25) is 0 Å². The predicted molar refractivity (Wildman–Crippen MR) is 101 cm³/mol. The summed E-state index contributed by atoms with van der Waals surface area (Å²) in [5.74, 6) is 0.909. The van der Waals surface area contributed by atoms with Crippen LogP contribution in [0.3, 0.4) is 0 Å². The molecular weight excluding hydrogens is 383 g/mol. The summed E-state index contributed by atoms with van der Waals surface area (Å²) in [6.07, 6.45) is 3.30. The molecule has 8 nitrogen and oxygen atoms in total. The molecule has 3 heterocycles. The molecule has 1 aromatic carbocycles. The molecule has 0 radical (unpaired) electrons. The Kier molecular flexibility index (Phi) is 4.82. The van der Waals surface area contributed by atoms with Crippen LogP contribution in [0.1, 0.15) is 5.69 Å². The largest absolute Gasteiger partial charge is 0.354 e. The summed E-state index contributed by atoms with van der Waals surface area (Å²) >= 11 is 0. The topological polar surface area (TPSA) is 84.2 Å². The van der Waals surface area contributed by atoms with E-state index in [4.69, 9.17) is 0 Å². The van der Waals surface area contributed by atoms with Crippen LogP contribution in [0.5, 0.6) is 0 Å². The van der Waals surface area contributed by atoms with Gasteiger partial charge >= 0.3 is 0 Å². The molecule has 0 aliphatic carbocycles. The molecule has 10 heteroatoms. The minimum atomic E-state index is -3.64. The number of anilines is 1. The fourth-order valence-electron chi connectivity index (χ4n) is 3.09. The summed E-state index contributed by atoms with van der Waals surface area (Å²) < 4.78 is 41.6. The highest BCUT2D eigenvalue weighted by Gasteiger charge is 2.29. The summed E-state index contributed by atoms with van der Waals surface area (Å²) in [7, 11) is -3.64. The van der Waals surface area contributed by atoms with Crippen molar-refractivity contribution in [2.75, 3.05) is 31.1 Å². The minimum Gasteiger partial charge on any atom is -0.354 e. The van der Waals surface area contributed by atoms with E-state index < -0.39 is 15.8 Å². The van der Waals surface area contributed by atoms with Crippen LogP contribution in [-0.2, 0) is 10.0 Å². The highest BCUT2D eigenvalue weighted by molar-refractivity contribution is 7.89. The normalized spacial score (nSPS) is 15.7. The molecule has 0 spiro atoms. The lowest BCUT2D eigenvalue weighted by Gasteiger charge is -2.34. The van der Waals surface area contributed by atoms with Crippen molar-refractivity contribution in [3.8, 4) is 5.82 Å². The molecule has 0 amide bonds. The van der Waals surface area contributed by atoms with Crippen molar-refractivity contribution in [3.05, 3.63) is 60.4 Å². The number of rotatable bonds is 4. The van der Waals surface area contributed by atoms with Crippen LogP contribution in [0.25, 0.3) is 5.82 Å². The van der Waals surface area contributed by atoms with E-state index in [1.54, 1.807) is 4.68 Å². The summed E-state index contributed by atoms with van der Waals surface area (Å²) in [4.78, 5) is 10.7. The fourth-order valence-corrected chi connectivity index (χ4v) is 4.51. The quantitative estimate of drug-likeness (QED) is 0.659. The molecule has 1 aliphatic heterocycles. The molecular formula is C18H19FN6O2S. The Morgan fingerprint density at radius 3 is 2.29 bits per heavy atom. The van der Waals surface area contributed by atoms with Crippen molar-refractivity contribution >= 4 is 15.8 Å². The SMILES string of the molecule is Cc1ccn(-c2cc(N3CCN(S(=O)(=O)c4ccc(F)cc4)CC3)ncn2)n1. The Balaban J connectivity index is 1.48. The molecule has 3 aromatic rings. The lowest BCUT2D eigenvalue weighted by molar-refractivity contribution is 0.383. The molecule has 1 fully saturated rings. The summed E-state index contributed by atoms with van der Waals surface area (Å²) in [6.45, 7) is 3.53. The number of benzene rings is 1. The zero-order valence-corrected chi connectivity index (χ0v) is 16.0. The number of piperazine rings is 1. The van der Waals surface area contributed by atoms with E-state index in [2.05, 4.69) is 15.1 Å². The van der Waals surface area contributed by atoms with E-state index in [1.807, 2.05) is 30.2 Å². The van der Waals surface area contributed by atoms with Crippen LogP contribution in [0.15, 0.2) is 53.8 Å². The Labute approximate surface area is 162 Å². The van der Waals surface area contributed by atoms with Crippen LogP contribution in [0.4, 0.5) is 10.2 Å². The van der Waals surface area contributed by atoms with Crippen LogP contribution < -0.4 is 4.90 Å². The summed E-state index contributed by atoms with van der Waals surface area (Å²) in [5.41, 5.74) is 0.889. The van der Waals surface area contributed by atoms with E-state index in [-0.39, 0.29) is 4.90 Å². The van der Waals surface area contributed by atoms with Crippen molar-refractivity contribution in [2.24, 2.45) is 0 Å². The zero-order chi connectivity index (χ0) is 19.7. The first-order valence-corrected chi connectivity index (χ1v) is 10.2. The highest BCUT2D eigenvalue weighted by Crippen LogP contribution is 2.21. The average molecular weight is 402 g/mol. The average Bonchev–Trinajstić information content (AvgIpc) is 3.15. The molecule has 0 N–H and O–H groups in total. The van der Waals surface area contributed by atoms with Gasteiger partial charge in [-0.25, -0.2) is 27.5 Å². The maximum absolute atomic E-state index is 13.1. The number of sulfonamides is 1. The third-order valence-corrected chi connectivity index (χ3v) is 6.52. The molecule has 0 bridgehead atoms. The van der Waals surface area contributed by atoms with Gasteiger partial charge in [0.05, 0.1) is 10.6 Å². The molecule has 28 heavy (non-hydrogen) atoms. The van der Waals surface area contributed by atoms with E-state index in [0.717, 1.165) is 23.6 Å². The monoisotopic (exact) mass is 402 g/mol. The van der Waals surface area contributed by atoms with Gasteiger partial charge in [0, 0.05) is 38.4 Å². The Morgan fingerprint density at radius 2 is 1.64 bits per heavy atom. The number of halogens is 1. The van der Waals surface area contributed by atoms with Gasteiger partial charge in [0.25, 0.3) is 0 Å². The van der Waals surface area contributed by atoms with E-state index in [1.165, 1.54) is 22.8 Å².